The van der Waals surface area contributed by atoms with Crippen LogP contribution in [0.2, 0.25) is 0 Å². The fourth-order valence-corrected chi connectivity index (χ4v) is 2.86. The molecule has 0 fully saturated rings. The molecule has 0 aliphatic carbocycles. The Morgan fingerprint density at radius 2 is 1.60 bits per heavy atom. The van der Waals surface area contributed by atoms with Gasteiger partial charge in [0.25, 0.3) is 0 Å². The maximum atomic E-state index is 14.0. The van der Waals surface area contributed by atoms with Crippen molar-refractivity contribution in [3.8, 4) is 0 Å². The van der Waals surface area contributed by atoms with E-state index in [1.807, 2.05) is 6.07 Å². The molecule has 0 heterocycles. The maximum Gasteiger partial charge on any atom is 0.126 e. The van der Waals surface area contributed by atoms with Crippen LogP contribution in [0.5, 0.6) is 0 Å². The van der Waals surface area contributed by atoms with Crippen molar-refractivity contribution in [1.29, 1.82) is 0 Å². The van der Waals surface area contributed by atoms with Gasteiger partial charge >= 0.3 is 0 Å². The van der Waals surface area contributed by atoms with Gasteiger partial charge in [0.15, 0.2) is 0 Å². The lowest BCUT2D eigenvalue weighted by molar-refractivity contribution is 0.416. The zero-order valence-electron chi connectivity index (χ0n) is 13.6. The summed E-state index contributed by atoms with van der Waals surface area (Å²) in [7, 11) is 0. The first-order valence-electron chi connectivity index (χ1n) is 8.48. The highest BCUT2D eigenvalue weighted by atomic mass is 19.1. The van der Waals surface area contributed by atoms with Crippen molar-refractivity contribution in [2.45, 2.75) is 78.6 Å². The van der Waals surface area contributed by atoms with Crippen LogP contribution in [-0.4, -0.2) is 0 Å². The molecule has 0 radical (unpaired) electrons. The summed E-state index contributed by atoms with van der Waals surface area (Å²) in [6.45, 7) is 6.59. The number of aryl methyl sites for hydroxylation is 1. The Balaban J connectivity index is 2.64. The Bertz CT molecular complexity index is 362. The van der Waals surface area contributed by atoms with Gasteiger partial charge in [-0.15, -0.1) is 0 Å². The van der Waals surface area contributed by atoms with Gasteiger partial charge in [-0.2, -0.15) is 0 Å². The first-order valence-corrected chi connectivity index (χ1v) is 8.48. The third-order valence-electron chi connectivity index (χ3n) is 4.09. The summed E-state index contributed by atoms with van der Waals surface area (Å²) in [4.78, 5) is 0. The topological polar surface area (TPSA) is 0 Å². The zero-order valence-corrected chi connectivity index (χ0v) is 13.6. The van der Waals surface area contributed by atoms with Crippen LogP contribution >= 0.6 is 0 Å². The lowest BCUT2D eigenvalue weighted by Crippen LogP contribution is -2.06. The van der Waals surface area contributed by atoms with Crippen molar-refractivity contribution < 1.29 is 4.39 Å². The van der Waals surface area contributed by atoms with E-state index in [0.29, 0.717) is 0 Å². The summed E-state index contributed by atoms with van der Waals surface area (Å²) in [5.74, 6) is 0.723. The van der Waals surface area contributed by atoms with Crippen LogP contribution < -0.4 is 0 Å². The minimum Gasteiger partial charge on any atom is -0.207 e. The zero-order chi connectivity index (χ0) is 14.8. The molecule has 0 spiro atoms. The summed E-state index contributed by atoms with van der Waals surface area (Å²) in [5.41, 5.74) is 2.05. The number of hydrogen-bond acceptors (Lipinski definition) is 0. The van der Waals surface area contributed by atoms with E-state index >= 15 is 0 Å². The molecular formula is C19H31F. The van der Waals surface area contributed by atoms with Gasteiger partial charge in [-0.05, 0) is 36.0 Å². The predicted octanol–water partition coefficient (Wildman–Crippen LogP) is 6.32. The van der Waals surface area contributed by atoms with E-state index in [0.717, 1.165) is 30.7 Å². The summed E-state index contributed by atoms with van der Waals surface area (Å²) in [5, 5.41) is 0. The lowest BCUT2D eigenvalue weighted by Gasteiger charge is -2.17. The molecule has 1 aromatic rings. The SMILES string of the molecule is CCCCC(CCCC)Cc1ccc(CCC)c(F)c1. The number of hydrogen-bond donors (Lipinski definition) is 0. The van der Waals surface area contributed by atoms with Gasteiger partial charge in [-0.3, -0.25) is 0 Å². The molecule has 0 saturated carbocycles. The molecule has 0 bridgehead atoms. The van der Waals surface area contributed by atoms with E-state index in [1.165, 1.54) is 44.1 Å². The van der Waals surface area contributed by atoms with Gasteiger partial charge in [0.1, 0.15) is 5.82 Å². The lowest BCUT2D eigenvalue weighted by atomic mass is 9.89. The van der Waals surface area contributed by atoms with Crippen LogP contribution in [0.25, 0.3) is 0 Å². The highest BCUT2D eigenvalue weighted by Gasteiger charge is 2.11. The summed E-state index contributed by atoms with van der Waals surface area (Å²) in [6.07, 6.45) is 10.6. The molecule has 114 valence electrons. The fraction of sp³-hybridized carbons (Fsp3) is 0.684. The third-order valence-corrected chi connectivity index (χ3v) is 4.09. The van der Waals surface area contributed by atoms with Gasteiger partial charge in [-0.25, -0.2) is 4.39 Å². The summed E-state index contributed by atoms with van der Waals surface area (Å²) < 4.78 is 14.0. The molecule has 0 atom stereocenters. The smallest absolute Gasteiger partial charge is 0.126 e. The normalized spacial score (nSPS) is 11.2. The molecule has 0 aliphatic rings. The van der Waals surface area contributed by atoms with Gasteiger partial charge in [0.05, 0.1) is 0 Å². The largest absolute Gasteiger partial charge is 0.207 e. The van der Waals surface area contributed by atoms with Gasteiger partial charge in [0, 0.05) is 0 Å². The highest BCUT2D eigenvalue weighted by Crippen LogP contribution is 2.22. The molecule has 0 nitrogen and oxygen atoms in total. The molecule has 0 aromatic heterocycles. The van der Waals surface area contributed by atoms with Gasteiger partial charge in [-0.1, -0.05) is 77.8 Å². The minimum absolute atomic E-state index is 0.00548. The average Bonchev–Trinajstić information content (AvgIpc) is 2.45. The van der Waals surface area contributed by atoms with Gasteiger partial charge in [0.2, 0.25) is 0 Å². The second-order valence-electron chi connectivity index (χ2n) is 6.03. The first-order chi connectivity index (χ1) is 9.71. The van der Waals surface area contributed by atoms with E-state index < -0.39 is 0 Å². The van der Waals surface area contributed by atoms with Crippen LogP contribution in [0.3, 0.4) is 0 Å². The van der Waals surface area contributed by atoms with E-state index in [4.69, 9.17) is 0 Å². The Morgan fingerprint density at radius 1 is 0.950 bits per heavy atom. The van der Waals surface area contributed by atoms with E-state index in [2.05, 4.69) is 26.8 Å². The van der Waals surface area contributed by atoms with Gasteiger partial charge < -0.3 is 0 Å². The second-order valence-corrected chi connectivity index (χ2v) is 6.03. The van der Waals surface area contributed by atoms with Crippen molar-refractivity contribution in [3.05, 3.63) is 35.1 Å². The molecule has 1 heteroatoms. The summed E-state index contributed by atoms with van der Waals surface area (Å²) in [6, 6.07) is 5.90. The molecule has 0 unspecified atom stereocenters. The van der Waals surface area contributed by atoms with Crippen molar-refractivity contribution >= 4 is 0 Å². The Labute approximate surface area is 124 Å². The Morgan fingerprint density at radius 3 is 2.10 bits per heavy atom. The second kappa shape index (κ2) is 9.96. The van der Waals surface area contributed by atoms with Crippen LogP contribution in [0.4, 0.5) is 4.39 Å². The molecule has 20 heavy (non-hydrogen) atoms. The van der Waals surface area contributed by atoms with Crippen molar-refractivity contribution in [1.82, 2.24) is 0 Å². The predicted molar refractivity (Wildman–Crippen MR) is 86.6 cm³/mol. The molecule has 1 rings (SSSR count). The third kappa shape index (κ3) is 6.07. The van der Waals surface area contributed by atoms with Crippen LogP contribution in [0, 0.1) is 11.7 Å². The number of rotatable bonds is 10. The van der Waals surface area contributed by atoms with Crippen molar-refractivity contribution in [2.75, 3.05) is 0 Å². The highest BCUT2D eigenvalue weighted by molar-refractivity contribution is 5.25. The number of benzene rings is 1. The quantitative estimate of drug-likeness (QED) is 0.470. The van der Waals surface area contributed by atoms with Crippen LogP contribution in [0.1, 0.15) is 76.8 Å². The molecular weight excluding hydrogens is 247 g/mol. The van der Waals surface area contributed by atoms with Crippen LogP contribution in [-0.2, 0) is 12.8 Å². The first kappa shape index (κ1) is 17.2. The number of unbranched alkanes of at least 4 members (excludes halogenated alkanes) is 2. The number of halogens is 1. The fourth-order valence-electron chi connectivity index (χ4n) is 2.86. The monoisotopic (exact) mass is 278 g/mol. The molecule has 1 aromatic carbocycles. The Hall–Kier alpha value is -0.850. The molecule has 0 amide bonds. The molecule has 0 aliphatic heterocycles. The Kier molecular flexibility index (Phi) is 8.57. The average molecular weight is 278 g/mol. The van der Waals surface area contributed by atoms with Crippen molar-refractivity contribution in [2.24, 2.45) is 5.92 Å². The molecule has 0 saturated heterocycles. The molecule has 0 N–H and O–H groups in total. The van der Waals surface area contributed by atoms with Crippen LogP contribution in [0.15, 0.2) is 18.2 Å². The van der Waals surface area contributed by atoms with E-state index in [9.17, 15) is 4.39 Å². The standard InChI is InChI=1S/C19H31F/c1-4-7-10-16(11-8-5-2)14-17-12-13-18(9-6-3)19(20)15-17/h12-13,15-16H,4-11,14H2,1-3H3. The van der Waals surface area contributed by atoms with E-state index in [1.54, 1.807) is 6.07 Å². The maximum absolute atomic E-state index is 14.0. The summed E-state index contributed by atoms with van der Waals surface area (Å²) >= 11 is 0. The van der Waals surface area contributed by atoms with E-state index in [-0.39, 0.29) is 5.82 Å². The van der Waals surface area contributed by atoms with Crippen molar-refractivity contribution in [3.63, 3.8) is 0 Å². The minimum atomic E-state index is -0.00548.